The van der Waals surface area contributed by atoms with E-state index in [4.69, 9.17) is 17.3 Å². The van der Waals surface area contributed by atoms with Gasteiger partial charge in [0.2, 0.25) is 0 Å². The molecule has 1 aromatic heterocycles. The molecule has 0 bridgehead atoms. The zero-order valence-corrected chi connectivity index (χ0v) is 12.6. The highest BCUT2D eigenvalue weighted by Crippen LogP contribution is 2.27. The molecule has 0 saturated carbocycles. The Labute approximate surface area is 124 Å². The van der Waals surface area contributed by atoms with Crippen LogP contribution in [-0.4, -0.2) is 13.4 Å². The van der Waals surface area contributed by atoms with Gasteiger partial charge in [-0.15, -0.1) is 0 Å². The predicted molar refractivity (Wildman–Crippen MR) is 78.6 cm³/mol. The zero-order chi connectivity index (χ0) is 14.0. The quantitative estimate of drug-likeness (QED) is 0.649. The highest BCUT2D eigenvalue weighted by atomic mass is 79.9. The molecule has 100 valence electrons. The van der Waals surface area contributed by atoms with E-state index in [0.29, 0.717) is 4.47 Å². The monoisotopic (exact) mass is 361 g/mol. The second-order valence-corrected chi connectivity index (χ2v) is 6.55. The molecule has 8 heteroatoms. The SMILES string of the molecule is Nc1ccc(Br)cc1S(=O)(=O)Nc1cccnc1Cl. The first-order valence-corrected chi connectivity index (χ1v) is 7.74. The summed E-state index contributed by atoms with van der Waals surface area (Å²) in [7, 11) is -3.82. The van der Waals surface area contributed by atoms with E-state index in [-0.39, 0.29) is 21.4 Å². The number of nitrogens with zero attached hydrogens (tertiary/aromatic N) is 1. The molecule has 2 aromatic rings. The molecule has 0 fully saturated rings. The summed E-state index contributed by atoms with van der Waals surface area (Å²) in [6, 6.07) is 7.67. The van der Waals surface area contributed by atoms with E-state index in [1.54, 1.807) is 12.1 Å². The van der Waals surface area contributed by atoms with Crippen LogP contribution in [0.5, 0.6) is 0 Å². The largest absolute Gasteiger partial charge is 0.398 e. The van der Waals surface area contributed by atoms with Crippen LogP contribution in [0, 0.1) is 0 Å². The number of hydrogen-bond donors (Lipinski definition) is 2. The van der Waals surface area contributed by atoms with E-state index in [2.05, 4.69) is 25.6 Å². The Hall–Kier alpha value is -1.31. The lowest BCUT2D eigenvalue weighted by Crippen LogP contribution is -2.15. The van der Waals surface area contributed by atoms with Crippen LogP contribution < -0.4 is 10.5 Å². The Balaban J connectivity index is 2.44. The molecule has 2 rings (SSSR count). The van der Waals surface area contributed by atoms with Crippen molar-refractivity contribution in [2.45, 2.75) is 4.90 Å². The molecular formula is C11H9BrClN3O2S. The van der Waals surface area contributed by atoms with Crippen LogP contribution in [-0.2, 0) is 10.0 Å². The van der Waals surface area contributed by atoms with Gasteiger partial charge in [0.15, 0.2) is 5.15 Å². The maximum atomic E-state index is 12.2. The number of nitrogens with two attached hydrogens (primary N) is 1. The summed E-state index contributed by atoms with van der Waals surface area (Å²) in [6.07, 6.45) is 1.47. The number of benzene rings is 1. The number of rotatable bonds is 3. The minimum atomic E-state index is -3.82. The van der Waals surface area contributed by atoms with Crippen LogP contribution in [0.25, 0.3) is 0 Å². The minimum Gasteiger partial charge on any atom is -0.398 e. The topological polar surface area (TPSA) is 85.1 Å². The van der Waals surface area contributed by atoms with Crippen molar-refractivity contribution in [1.82, 2.24) is 4.98 Å². The number of nitrogen functional groups attached to an aromatic ring is 1. The molecule has 0 radical (unpaired) electrons. The van der Waals surface area contributed by atoms with E-state index in [1.165, 1.54) is 24.4 Å². The minimum absolute atomic E-state index is 0.0261. The number of hydrogen-bond acceptors (Lipinski definition) is 4. The standard InChI is InChI=1S/C11H9BrClN3O2S/c12-7-3-4-8(14)10(6-7)19(17,18)16-9-2-1-5-15-11(9)13/h1-6,16H,14H2. The highest BCUT2D eigenvalue weighted by Gasteiger charge is 2.19. The van der Waals surface area contributed by atoms with E-state index < -0.39 is 10.0 Å². The number of pyridine rings is 1. The number of nitrogens with one attached hydrogen (secondary N) is 1. The van der Waals surface area contributed by atoms with Crippen LogP contribution in [0.3, 0.4) is 0 Å². The van der Waals surface area contributed by atoms with Gasteiger partial charge in [-0.05, 0) is 30.3 Å². The van der Waals surface area contributed by atoms with Crippen LogP contribution in [0.1, 0.15) is 0 Å². The molecule has 0 aliphatic rings. The van der Waals surface area contributed by atoms with Gasteiger partial charge >= 0.3 is 0 Å². The molecule has 3 N–H and O–H groups in total. The fourth-order valence-corrected chi connectivity index (χ4v) is 3.36. The number of aromatic nitrogens is 1. The molecular weight excluding hydrogens is 354 g/mol. The second kappa shape index (κ2) is 5.36. The van der Waals surface area contributed by atoms with Crippen molar-refractivity contribution in [3.05, 3.63) is 46.2 Å². The second-order valence-electron chi connectivity index (χ2n) is 3.63. The summed E-state index contributed by atoms with van der Waals surface area (Å²) < 4.78 is 27.4. The number of halogens is 2. The van der Waals surface area contributed by atoms with E-state index in [1.807, 2.05) is 0 Å². The van der Waals surface area contributed by atoms with Gasteiger partial charge in [0.1, 0.15) is 4.90 Å². The van der Waals surface area contributed by atoms with Gasteiger partial charge in [0.25, 0.3) is 10.0 Å². The molecule has 1 heterocycles. The smallest absolute Gasteiger partial charge is 0.264 e. The maximum Gasteiger partial charge on any atom is 0.264 e. The predicted octanol–water partition coefficient (Wildman–Crippen LogP) is 2.88. The molecule has 0 amide bonds. The third-order valence-electron chi connectivity index (χ3n) is 2.27. The van der Waals surface area contributed by atoms with Crippen molar-refractivity contribution in [3.63, 3.8) is 0 Å². The lowest BCUT2D eigenvalue weighted by Gasteiger charge is -2.11. The molecule has 0 spiro atoms. The average molecular weight is 363 g/mol. The van der Waals surface area contributed by atoms with Gasteiger partial charge in [0, 0.05) is 10.7 Å². The van der Waals surface area contributed by atoms with Gasteiger partial charge in [-0.1, -0.05) is 27.5 Å². The van der Waals surface area contributed by atoms with Crippen LogP contribution in [0.2, 0.25) is 5.15 Å². The third kappa shape index (κ3) is 3.17. The lowest BCUT2D eigenvalue weighted by atomic mass is 10.3. The Morgan fingerprint density at radius 1 is 1.32 bits per heavy atom. The van der Waals surface area contributed by atoms with Crippen LogP contribution in [0.4, 0.5) is 11.4 Å². The Morgan fingerprint density at radius 3 is 2.74 bits per heavy atom. The molecule has 5 nitrogen and oxygen atoms in total. The first kappa shape index (κ1) is 14.1. The lowest BCUT2D eigenvalue weighted by molar-refractivity contribution is 0.601. The van der Waals surface area contributed by atoms with Gasteiger partial charge < -0.3 is 5.73 Å². The van der Waals surface area contributed by atoms with Crippen molar-refractivity contribution in [2.24, 2.45) is 0 Å². The molecule has 0 aliphatic heterocycles. The van der Waals surface area contributed by atoms with E-state index in [9.17, 15) is 8.42 Å². The normalized spacial score (nSPS) is 11.3. The third-order valence-corrected chi connectivity index (χ3v) is 4.48. The molecule has 0 atom stereocenters. The zero-order valence-electron chi connectivity index (χ0n) is 9.47. The number of sulfonamides is 1. The van der Waals surface area contributed by atoms with E-state index >= 15 is 0 Å². The Bertz CT molecular complexity index is 722. The molecule has 0 saturated heterocycles. The summed E-state index contributed by atoms with van der Waals surface area (Å²) in [6.45, 7) is 0. The van der Waals surface area contributed by atoms with Crippen molar-refractivity contribution in [2.75, 3.05) is 10.5 Å². The van der Waals surface area contributed by atoms with E-state index in [0.717, 1.165) is 0 Å². The highest BCUT2D eigenvalue weighted by molar-refractivity contribution is 9.10. The van der Waals surface area contributed by atoms with Crippen molar-refractivity contribution >= 4 is 48.9 Å². The summed E-state index contributed by atoms with van der Waals surface area (Å²) >= 11 is 9.01. The van der Waals surface area contributed by atoms with Gasteiger partial charge in [0.05, 0.1) is 11.4 Å². The van der Waals surface area contributed by atoms with Crippen molar-refractivity contribution in [3.8, 4) is 0 Å². The molecule has 19 heavy (non-hydrogen) atoms. The van der Waals surface area contributed by atoms with Crippen LogP contribution >= 0.6 is 27.5 Å². The summed E-state index contributed by atoms with van der Waals surface area (Å²) in [5.74, 6) is 0. The Kier molecular flexibility index (Phi) is 3.98. The molecule has 0 unspecified atom stereocenters. The van der Waals surface area contributed by atoms with Crippen molar-refractivity contribution < 1.29 is 8.42 Å². The maximum absolute atomic E-state index is 12.2. The van der Waals surface area contributed by atoms with Crippen molar-refractivity contribution in [1.29, 1.82) is 0 Å². The van der Waals surface area contributed by atoms with Crippen LogP contribution in [0.15, 0.2) is 45.9 Å². The molecule has 1 aromatic carbocycles. The molecule has 0 aliphatic carbocycles. The average Bonchev–Trinajstić information content (AvgIpc) is 2.35. The summed E-state index contributed by atoms with van der Waals surface area (Å²) in [5.41, 5.74) is 6.03. The van der Waals surface area contributed by atoms with Gasteiger partial charge in [-0.3, -0.25) is 4.72 Å². The Morgan fingerprint density at radius 2 is 2.05 bits per heavy atom. The van der Waals surface area contributed by atoms with Gasteiger partial charge in [-0.2, -0.15) is 0 Å². The first-order valence-electron chi connectivity index (χ1n) is 5.08. The number of anilines is 2. The fraction of sp³-hybridized carbons (Fsp3) is 0. The summed E-state index contributed by atoms with van der Waals surface area (Å²) in [4.78, 5) is 3.77. The fourth-order valence-electron chi connectivity index (χ4n) is 1.40. The van der Waals surface area contributed by atoms with Gasteiger partial charge in [-0.25, -0.2) is 13.4 Å². The summed E-state index contributed by atoms with van der Waals surface area (Å²) in [5, 5.41) is 0.0691. The first-order chi connectivity index (χ1) is 8.90.